The first-order valence-electron chi connectivity index (χ1n) is 3.81. The van der Waals surface area contributed by atoms with Crippen molar-refractivity contribution in [2.45, 2.75) is 20.3 Å². The van der Waals surface area contributed by atoms with Crippen LogP contribution in [0.5, 0.6) is 0 Å². The number of hydrogen-bond donors (Lipinski definition) is 2. The summed E-state index contributed by atoms with van der Waals surface area (Å²) < 4.78 is 4.83. The Morgan fingerprint density at radius 3 is 1.40 bits per heavy atom. The molecule has 10 heavy (non-hydrogen) atoms. The summed E-state index contributed by atoms with van der Waals surface area (Å²) in [7, 11) is 0. The van der Waals surface area contributed by atoms with Gasteiger partial charge in [0.1, 0.15) is 0 Å². The Hall–Kier alpha value is -0.120. The van der Waals surface area contributed by atoms with Crippen molar-refractivity contribution in [2.24, 2.45) is 11.5 Å². The van der Waals surface area contributed by atoms with E-state index in [-0.39, 0.29) is 0 Å². The summed E-state index contributed by atoms with van der Waals surface area (Å²) in [6.07, 6.45) is 0.944. The summed E-state index contributed by atoms with van der Waals surface area (Å²) >= 11 is 0. The van der Waals surface area contributed by atoms with E-state index >= 15 is 0 Å². The second-order valence-corrected chi connectivity index (χ2v) is 1.71. The van der Waals surface area contributed by atoms with Crippen LogP contribution in [0.3, 0.4) is 0 Å². The molecule has 0 saturated carbocycles. The average molecular weight is 148 g/mol. The van der Waals surface area contributed by atoms with Gasteiger partial charge in [0.05, 0.1) is 0 Å². The van der Waals surface area contributed by atoms with E-state index in [0.717, 1.165) is 32.7 Å². The summed E-state index contributed by atoms with van der Waals surface area (Å²) in [6.45, 7) is 7.10. The van der Waals surface area contributed by atoms with Crippen LogP contribution in [0.25, 0.3) is 0 Å². The van der Waals surface area contributed by atoms with E-state index in [1.54, 1.807) is 0 Å². The molecule has 3 heteroatoms. The number of ether oxygens (including phenoxy) is 1. The maximum absolute atomic E-state index is 5.06. The van der Waals surface area contributed by atoms with Gasteiger partial charge in [-0.05, 0) is 33.4 Å². The Labute approximate surface area is 63.7 Å². The third kappa shape index (κ3) is 24.8. The minimum atomic E-state index is 0.719. The molecule has 0 aliphatic heterocycles. The van der Waals surface area contributed by atoms with Crippen molar-refractivity contribution in [3.05, 3.63) is 0 Å². The van der Waals surface area contributed by atoms with Gasteiger partial charge >= 0.3 is 0 Å². The highest BCUT2D eigenvalue weighted by Crippen LogP contribution is 1.64. The second kappa shape index (κ2) is 15.9. The average Bonchev–Trinajstić information content (AvgIpc) is 1.93. The fourth-order valence-corrected chi connectivity index (χ4v) is 0.322. The molecule has 0 amide bonds. The first-order chi connectivity index (χ1) is 4.83. The van der Waals surface area contributed by atoms with Crippen molar-refractivity contribution >= 4 is 0 Å². The monoisotopic (exact) mass is 148 g/mol. The molecule has 0 fully saturated rings. The van der Waals surface area contributed by atoms with Crippen LogP contribution in [0.2, 0.25) is 0 Å². The van der Waals surface area contributed by atoms with Crippen LogP contribution >= 0.6 is 0 Å². The van der Waals surface area contributed by atoms with Crippen LogP contribution in [0, 0.1) is 0 Å². The van der Waals surface area contributed by atoms with Crippen LogP contribution in [0.1, 0.15) is 20.3 Å². The Balaban J connectivity index is 0. The normalized spacial score (nSPS) is 8.40. The van der Waals surface area contributed by atoms with Gasteiger partial charge < -0.3 is 16.2 Å². The first kappa shape index (κ1) is 12.5. The minimum Gasteiger partial charge on any atom is -0.382 e. The largest absolute Gasteiger partial charge is 0.382 e. The molecule has 0 aromatic rings. The SMILES string of the molecule is CCOCC.NCCCN. The zero-order valence-corrected chi connectivity index (χ0v) is 7.10. The molecule has 0 heterocycles. The van der Waals surface area contributed by atoms with E-state index in [4.69, 9.17) is 16.2 Å². The lowest BCUT2D eigenvalue weighted by Gasteiger charge is -1.86. The molecule has 0 bridgehead atoms. The Morgan fingerprint density at radius 2 is 1.40 bits per heavy atom. The minimum absolute atomic E-state index is 0.719. The van der Waals surface area contributed by atoms with E-state index in [2.05, 4.69) is 0 Å². The lowest BCUT2D eigenvalue weighted by molar-refractivity contribution is 0.162. The fraction of sp³-hybridized carbons (Fsp3) is 1.00. The summed E-state index contributed by atoms with van der Waals surface area (Å²) in [6, 6.07) is 0. The van der Waals surface area contributed by atoms with Gasteiger partial charge in [0.2, 0.25) is 0 Å². The van der Waals surface area contributed by atoms with Gasteiger partial charge in [0, 0.05) is 13.2 Å². The lowest BCUT2D eigenvalue weighted by Crippen LogP contribution is -2.06. The van der Waals surface area contributed by atoms with Crippen LogP contribution < -0.4 is 11.5 Å². The van der Waals surface area contributed by atoms with E-state index in [0.29, 0.717) is 0 Å². The lowest BCUT2D eigenvalue weighted by atomic mass is 10.4. The van der Waals surface area contributed by atoms with Gasteiger partial charge in [-0.3, -0.25) is 0 Å². The maximum atomic E-state index is 5.06. The fourth-order valence-electron chi connectivity index (χ4n) is 0.322. The van der Waals surface area contributed by atoms with Crippen LogP contribution in [0.15, 0.2) is 0 Å². The predicted molar refractivity (Wildman–Crippen MR) is 44.9 cm³/mol. The van der Waals surface area contributed by atoms with Crippen LogP contribution in [-0.2, 0) is 4.74 Å². The molecule has 0 saturated heterocycles. The molecule has 3 nitrogen and oxygen atoms in total. The quantitative estimate of drug-likeness (QED) is 0.604. The second-order valence-electron chi connectivity index (χ2n) is 1.71. The number of hydrogen-bond acceptors (Lipinski definition) is 3. The third-order valence-corrected chi connectivity index (χ3v) is 0.816. The molecule has 0 radical (unpaired) electrons. The van der Waals surface area contributed by atoms with Gasteiger partial charge in [-0.15, -0.1) is 0 Å². The highest BCUT2D eigenvalue weighted by Gasteiger charge is 1.67. The van der Waals surface area contributed by atoms with Crippen molar-refractivity contribution in [3.8, 4) is 0 Å². The predicted octanol–water partition coefficient (Wildman–Crippen LogP) is 0.337. The smallest absolute Gasteiger partial charge is 0.0437 e. The Bertz CT molecular complexity index is 32.6. The maximum Gasteiger partial charge on any atom is 0.0437 e. The van der Waals surface area contributed by atoms with Crippen LogP contribution in [-0.4, -0.2) is 26.3 Å². The topological polar surface area (TPSA) is 61.3 Å². The molecular formula is C7H20N2O. The standard InChI is InChI=1S/C4H10O.C3H10N2/c1-3-5-4-2;4-2-1-3-5/h3-4H2,1-2H3;1-5H2. The highest BCUT2D eigenvalue weighted by atomic mass is 16.5. The zero-order valence-electron chi connectivity index (χ0n) is 7.10. The van der Waals surface area contributed by atoms with E-state index in [1.807, 2.05) is 13.8 Å². The molecule has 0 atom stereocenters. The summed E-state index contributed by atoms with van der Waals surface area (Å²) in [4.78, 5) is 0. The Morgan fingerprint density at radius 1 is 1.00 bits per heavy atom. The first-order valence-corrected chi connectivity index (χ1v) is 3.81. The van der Waals surface area contributed by atoms with Gasteiger partial charge in [-0.25, -0.2) is 0 Å². The van der Waals surface area contributed by atoms with Crippen molar-refractivity contribution in [3.63, 3.8) is 0 Å². The number of nitrogens with two attached hydrogens (primary N) is 2. The van der Waals surface area contributed by atoms with Crippen molar-refractivity contribution in [2.75, 3.05) is 26.3 Å². The molecule has 0 aliphatic rings. The van der Waals surface area contributed by atoms with Gasteiger partial charge in [0.15, 0.2) is 0 Å². The molecule has 64 valence electrons. The molecule has 0 unspecified atom stereocenters. The molecule has 0 rings (SSSR count). The summed E-state index contributed by atoms with van der Waals surface area (Å²) in [5, 5.41) is 0. The van der Waals surface area contributed by atoms with Gasteiger partial charge in [0.25, 0.3) is 0 Å². The number of rotatable bonds is 4. The van der Waals surface area contributed by atoms with Crippen molar-refractivity contribution in [1.29, 1.82) is 0 Å². The van der Waals surface area contributed by atoms with Crippen molar-refractivity contribution < 1.29 is 4.74 Å². The van der Waals surface area contributed by atoms with Crippen LogP contribution in [0.4, 0.5) is 0 Å². The molecule has 0 aliphatic carbocycles. The zero-order chi connectivity index (χ0) is 8.24. The van der Waals surface area contributed by atoms with E-state index in [1.165, 1.54) is 0 Å². The molecule has 0 spiro atoms. The van der Waals surface area contributed by atoms with Gasteiger partial charge in [-0.2, -0.15) is 0 Å². The summed E-state index contributed by atoms with van der Waals surface area (Å²) in [5.41, 5.74) is 10.1. The van der Waals surface area contributed by atoms with E-state index < -0.39 is 0 Å². The highest BCUT2D eigenvalue weighted by molar-refractivity contribution is 4.33. The van der Waals surface area contributed by atoms with E-state index in [9.17, 15) is 0 Å². The Kier molecular flexibility index (Phi) is 20.0. The van der Waals surface area contributed by atoms with Gasteiger partial charge in [-0.1, -0.05) is 0 Å². The molecular weight excluding hydrogens is 128 g/mol. The molecule has 0 aromatic heterocycles. The molecule has 0 aromatic carbocycles. The third-order valence-electron chi connectivity index (χ3n) is 0.816. The molecule has 4 N–H and O–H groups in total. The van der Waals surface area contributed by atoms with Crippen molar-refractivity contribution in [1.82, 2.24) is 0 Å². The summed E-state index contributed by atoms with van der Waals surface area (Å²) in [5.74, 6) is 0.